The Bertz CT molecular complexity index is 718. The molecule has 0 atom stereocenters. The zero-order chi connectivity index (χ0) is 15.0. The van der Waals surface area contributed by atoms with E-state index in [1.807, 2.05) is 12.2 Å². The Kier molecular flexibility index (Phi) is 4.28. The zero-order valence-corrected chi connectivity index (χ0v) is 16.0. The predicted octanol–water partition coefficient (Wildman–Crippen LogP) is 6.31. The molecule has 2 aromatic carbocycles. The number of fused-ring (bicyclic) bond motifs is 3. The molecule has 0 amide bonds. The van der Waals surface area contributed by atoms with E-state index in [4.69, 9.17) is 0 Å². The predicted molar refractivity (Wildman–Crippen MR) is 108 cm³/mol. The maximum atomic E-state index is 4.01. The highest BCUT2D eigenvalue weighted by Gasteiger charge is 2.42. The van der Waals surface area contributed by atoms with Crippen molar-refractivity contribution in [1.29, 1.82) is 0 Å². The second kappa shape index (κ2) is 5.88. The largest absolute Gasteiger partial charge is 0.103 e. The summed E-state index contributed by atoms with van der Waals surface area (Å²) >= 11 is 4.93. The molecule has 2 aromatic rings. The Morgan fingerprint density at radius 3 is 2.24 bits per heavy atom. The summed E-state index contributed by atoms with van der Waals surface area (Å²) in [5, 5.41) is 0. The molecule has 1 aliphatic rings. The summed E-state index contributed by atoms with van der Waals surface area (Å²) in [7, 11) is 0. The van der Waals surface area contributed by atoms with Crippen LogP contribution in [0.5, 0.6) is 0 Å². The molecule has 0 aromatic heterocycles. The van der Waals surface area contributed by atoms with Crippen molar-refractivity contribution in [2.45, 2.75) is 18.3 Å². The average Bonchev–Trinajstić information content (AvgIpc) is 2.76. The number of allylic oxidation sites excluding steroid dienone is 2. The van der Waals surface area contributed by atoms with Gasteiger partial charge in [-0.25, -0.2) is 0 Å². The van der Waals surface area contributed by atoms with Crippen molar-refractivity contribution < 1.29 is 0 Å². The minimum atomic E-state index is -0.00681. The van der Waals surface area contributed by atoms with Gasteiger partial charge in [-0.3, -0.25) is 0 Å². The van der Waals surface area contributed by atoms with Crippen LogP contribution in [0.25, 0.3) is 11.1 Å². The Labute approximate surface area is 153 Å². The lowest BCUT2D eigenvalue weighted by Crippen LogP contribution is -2.25. The Morgan fingerprint density at radius 1 is 0.905 bits per heavy atom. The Morgan fingerprint density at radius 2 is 1.57 bits per heavy atom. The molecule has 0 radical (unpaired) electrons. The standard InChI is InChI=1S/C19H16I2/c1-3-11-19(12-4-2)15-8-6-5-7-13(15)14-9-10-16(20)18(21)17(14)19/h3-10H,1-2,11-12H2. The minimum Gasteiger partial charge on any atom is -0.103 e. The zero-order valence-electron chi connectivity index (χ0n) is 11.7. The molecule has 2 heteroatoms. The van der Waals surface area contributed by atoms with Crippen LogP contribution in [0.2, 0.25) is 0 Å². The van der Waals surface area contributed by atoms with Gasteiger partial charge in [-0.05, 0) is 86.3 Å². The lowest BCUT2D eigenvalue weighted by atomic mass is 9.73. The third-order valence-electron chi connectivity index (χ3n) is 4.29. The van der Waals surface area contributed by atoms with E-state index in [0.29, 0.717) is 0 Å². The normalized spacial score (nSPS) is 14.4. The summed E-state index contributed by atoms with van der Waals surface area (Å²) in [4.78, 5) is 0. The molecule has 0 nitrogen and oxygen atoms in total. The maximum absolute atomic E-state index is 4.01. The maximum Gasteiger partial charge on any atom is 0.0311 e. The molecule has 0 aliphatic heterocycles. The van der Waals surface area contributed by atoms with E-state index >= 15 is 0 Å². The fraction of sp³-hybridized carbons (Fsp3) is 0.158. The van der Waals surface area contributed by atoms with Gasteiger partial charge in [-0.1, -0.05) is 42.5 Å². The van der Waals surface area contributed by atoms with Gasteiger partial charge in [-0.15, -0.1) is 13.2 Å². The molecule has 0 spiro atoms. The molecular formula is C19H16I2. The molecule has 0 saturated carbocycles. The third-order valence-corrected chi connectivity index (χ3v) is 7.34. The van der Waals surface area contributed by atoms with E-state index in [0.717, 1.165) is 12.8 Å². The number of benzene rings is 2. The fourth-order valence-electron chi connectivity index (χ4n) is 3.51. The molecule has 21 heavy (non-hydrogen) atoms. The Hall–Kier alpha value is -0.620. The molecule has 3 rings (SSSR count). The molecule has 1 aliphatic carbocycles. The van der Waals surface area contributed by atoms with Gasteiger partial charge in [0, 0.05) is 12.6 Å². The van der Waals surface area contributed by atoms with Gasteiger partial charge in [0.05, 0.1) is 0 Å². The van der Waals surface area contributed by atoms with Crippen LogP contribution >= 0.6 is 45.2 Å². The van der Waals surface area contributed by atoms with Crippen LogP contribution in [-0.4, -0.2) is 0 Å². The van der Waals surface area contributed by atoms with Crippen LogP contribution in [0.3, 0.4) is 0 Å². The van der Waals surface area contributed by atoms with E-state index < -0.39 is 0 Å². The van der Waals surface area contributed by atoms with Crippen molar-refractivity contribution in [3.05, 3.63) is 80.0 Å². The van der Waals surface area contributed by atoms with Crippen molar-refractivity contribution in [2.75, 3.05) is 0 Å². The molecule has 106 valence electrons. The van der Waals surface area contributed by atoms with Gasteiger partial charge in [0.15, 0.2) is 0 Å². The first-order valence-electron chi connectivity index (χ1n) is 6.96. The molecular weight excluding hydrogens is 482 g/mol. The number of hydrogen-bond acceptors (Lipinski definition) is 0. The topological polar surface area (TPSA) is 0 Å². The van der Waals surface area contributed by atoms with E-state index in [1.165, 1.54) is 29.4 Å². The SMILES string of the molecule is C=CCC1(CC=C)c2ccccc2-c2ccc(I)c(I)c21. The van der Waals surface area contributed by atoms with Crippen LogP contribution in [-0.2, 0) is 5.41 Å². The summed E-state index contributed by atoms with van der Waals surface area (Å²) in [6.45, 7) is 8.02. The summed E-state index contributed by atoms with van der Waals surface area (Å²) in [5.41, 5.74) is 5.60. The summed E-state index contributed by atoms with van der Waals surface area (Å²) < 4.78 is 2.68. The van der Waals surface area contributed by atoms with E-state index in [2.05, 4.69) is 94.7 Å². The van der Waals surface area contributed by atoms with E-state index in [-0.39, 0.29) is 5.41 Å². The van der Waals surface area contributed by atoms with Crippen LogP contribution in [0, 0.1) is 7.14 Å². The van der Waals surface area contributed by atoms with Crippen LogP contribution in [0.15, 0.2) is 61.7 Å². The first kappa shape index (κ1) is 15.3. The van der Waals surface area contributed by atoms with E-state index in [9.17, 15) is 0 Å². The fourth-order valence-corrected chi connectivity index (χ4v) is 4.95. The van der Waals surface area contributed by atoms with E-state index in [1.54, 1.807) is 0 Å². The lowest BCUT2D eigenvalue weighted by Gasteiger charge is -2.31. The van der Waals surface area contributed by atoms with Crippen LogP contribution in [0.4, 0.5) is 0 Å². The Balaban J connectivity index is 2.42. The second-order valence-electron chi connectivity index (χ2n) is 5.40. The number of halogens is 2. The molecule has 0 N–H and O–H groups in total. The first-order chi connectivity index (χ1) is 10.2. The molecule has 0 bridgehead atoms. The van der Waals surface area contributed by atoms with Gasteiger partial charge in [0.25, 0.3) is 0 Å². The van der Waals surface area contributed by atoms with Gasteiger partial charge in [0.2, 0.25) is 0 Å². The molecule has 0 unspecified atom stereocenters. The van der Waals surface area contributed by atoms with Gasteiger partial charge in [0.1, 0.15) is 0 Å². The smallest absolute Gasteiger partial charge is 0.0311 e. The van der Waals surface area contributed by atoms with Crippen LogP contribution < -0.4 is 0 Å². The van der Waals surface area contributed by atoms with Crippen molar-refractivity contribution in [3.63, 3.8) is 0 Å². The monoisotopic (exact) mass is 498 g/mol. The summed E-state index contributed by atoms with van der Waals surface area (Å²) in [6, 6.07) is 13.3. The lowest BCUT2D eigenvalue weighted by molar-refractivity contribution is 0.540. The summed E-state index contributed by atoms with van der Waals surface area (Å²) in [5.74, 6) is 0. The molecule has 0 heterocycles. The highest BCUT2D eigenvalue weighted by atomic mass is 127. The van der Waals surface area contributed by atoms with Crippen LogP contribution in [0.1, 0.15) is 24.0 Å². The van der Waals surface area contributed by atoms with Crippen molar-refractivity contribution >= 4 is 45.2 Å². The minimum absolute atomic E-state index is 0.00681. The highest BCUT2D eigenvalue weighted by Crippen LogP contribution is 2.54. The highest BCUT2D eigenvalue weighted by molar-refractivity contribution is 14.1. The van der Waals surface area contributed by atoms with Gasteiger partial charge >= 0.3 is 0 Å². The quantitative estimate of drug-likeness (QED) is 0.343. The number of rotatable bonds is 4. The van der Waals surface area contributed by atoms with Gasteiger partial charge in [-0.2, -0.15) is 0 Å². The van der Waals surface area contributed by atoms with Crippen molar-refractivity contribution in [2.24, 2.45) is 0 Å². The first-order valence-corrected chi connectivity index (χ1v) is 9.11. The third kappa shape index (κ3) is 2.22. The summed E-state index contributed by atoms with van der Waals surface area (Å²) in [6.07, 6.45) is 5.98. The molecule has 0 saturated heterocycles. The van der Waals surface area contributed by atoms with Crippen molar-refractivity contribution in [3.8, 4) is 11.1 Å². The van der Waals surface area contributed by atoms with Crippen molar-refractivity contribution in [1.82, 2.24) is 0 Å². The average molecular weight is 498 g/mol. The second-order valence-corrected chi connectivity index (χ2v) is 7.64. The molecule has 0 fully saturated rings. The number of hydrogen-bond donors (Lipinski definition) is 0. The van der Waals surface area contributed by atoms with Gasteiger partial charge < -0.3 is 0 Å².